The Morgan fingerprint density at radius 3 is 2.32 bits per heavy atom. The van der Waals surface area contributed by atoms with Gasteiger partial charge in [-0.05, 0) is 48.6 Å². The lowest BCUT2D eigenvalue weighted by Crippen LogP contribution is -2.57. The number of nitrogens with one attached hydrogen (secondary N) is 2. The summed E-state index contributed by atoms with van der Waals surface area (Å²) in [5, 5.41) is 16.4. The molecule has 3 rings (SSSR count). The van der Waals surface area contributed by atoms with Gasteiger partial charge in [-0.15, -0.1) is 11.3 Å². The Kier molecular flexibility index (Phi) is 16.8. The molecular formula is C38H59N5O6S. The van der Waals surface area contributed by atoms with E-state index in [0.29, 0.717) is 31.9 Å². The number of ether oxygens (including phenoxy) is 1. The number of nitrogens with zero attached hydrogens (tertiary/aromatic N) is 2. The summed E-state index contributed by atoms with van der Waals surface area (Å²) < 4.78 is 5.71. The number of primary amides is 1. The lowest BCUT2D eigenvalue weighted by molar-refractivity contribution is -0.144. The number of hydrogen-bond donors (Lipinski definition) is 4. The number of carbonyl (C=O) groups excluding carboxylic acids is 4. The van der Waals surface area contributed by atoms with Crippen LogP contribution in [-0.2, 0) is 30.5 Å². The number of carbonyl (C=O) groups is 4. The van der Waals surface area contributed by atoms with Crippen molar-refractivity contribution in [2.45, 2.75) is 130 Å². The molecule has 1 saturated heterocycles. The second kappa shape index (κ2) is 20.5. The van der Waals surface area contributed by atoms with Gasteiger partial charge >= 0.3 is 0 Å². The zero-order valence-electron chi connectivity index (χ0n) is 30.7. The number of aromatic nitrogens is 1. The summed E-state index contributed by atoms with van der Waals surface area (Å²) >= 11 is 1.59. The highest BCUT2D eigenvalue weighted by atomic mass is 32.1. The molecule has 0 aliphatic carbocycles. The standard InChI is InChI=1S/C38H59N5O6S/c1-26(14-19-32(39)45)24-49-20-12-10-8-6-7-9-11-13-33(46)42-35(38(3,4)5)37(48)43-23-30(44)21-31(43)36(47)40-22-28-15-17-29(18-16-28)34-27(2)41-25-50-34/h15-18,25-26,30-31,35,44H,6-14,19-24H2,1-5H3,(H2,39,45)(H,40,47)(H,42,46)/t26-,30+,31-,35+/m0/s1. The number of nitrogens with two attached hydrogens (primary N) is 1. The van der Waals surface area contributed by atoms with Crippen LogP contribution in [0, 0.1) is 18.3 Å². The molecule has 2 heterocycles. The van der Waals surface area contributed by atoms with Gasteiger partial charge in [-0.1, -0.05) is 84.1 Å². The Balaban J connectivity index is 1.38. The van der Waals surface area contributed by atoms with E-state index < -0.39 is 23.6 Å². The largest absolute Gasteiger partial charge is 0.391 e. The molecule has 5 N–H and O–H groups in total. The second-order valence-electron chi connectivity index (χ2n) is 14.9. The van der Waals surface area contributed by atoms with Gasteiger partial charge in [0.2, 0.25) is 23.6 Å². The maximum atomic E-state index is 13.9. The van der Waals surface area contributed by atoms with Crippen LogP contribution in [0.4, 0.5) is 0 Å². The van der Waals surface area contributed by atoms with E-state index in [1.807, 2.05) is 57.5 Å². The normalized spacial score (nSPS) is 17.4. The van der Waals surface area contributed by atoms with E-state index in [9.17, 15) is 24.3 Å². The van der Waals surface area contributed by atoms with Gasteiger partial charge in [-0.3, -0.25) is 19.2 Å². The van der Waals surface area contributed by atoms with Gasteiger partial charge in [0, 0.05) is 45.6 Å². The summed E-state index contributed by atoms with van der Waals surface area (Å²) in [6.45, 7) is 11.4. The lowest BCUT2D eigenvalue weighted by atomic mass is 9.85. The zero-order valence-corrected chi connectivity index (χ0v) is 31.5. The molecule has 1 aliphatic heterocycles. The van der Waals surface area contributed by atoms with Gasteiger partial charge < -0.3 is 31.1 Å². The number of unbranched alkanes of at least 4 members (excludes halogenated alkanes) is 6. The summed E-state index contributed by atoms with van der Waals surface area (Å²) in [5.41, 5.74) is 9.40. The highest BCUT2D eigenvalue weighted by molar-refractivity contribution is 7.13. The van der Waals surface area contributed by atoms with Gasteiger partial charge in [0.15, 0.2) is 0 Å². The number of likely N-dealkylation sites (tertiary alicyclic amines) is 1. The van der Waals surface area contributed by atoms with Crippen molar-refractivity contribution in [3.05, 3.63) is 41.0 Å². The molecule has 11 nitrogen and oxygen atoms in total. The van der Waals surface area contributed by atoms with Crippen molar-refractivity contribution in [2.24, 2.45) is 17.1 Å². The van der Waals surface area contributed by atoms with E-state index in [4.69, 9.17) is 10.5 Å². The number of aliphatic hydroxyl groups is 1. The molecule has 0 bridgehead atoms. The number of β-amino-alcohol motifs (C(OH)–C–C–N with tert-alkyl or cyclic N) is 1. The van der Waals surface area contributed by atoms with Crippen molar-refractivity contribution < 1.29 is 29.0 Å². The first kappa shape index (κ1) is 41.1. The Bertz CT molecular complexity index is 1370. The average Bonchev–Trinajstić information content (AvgIpc) is 3.68. The summed E-state index contributed by atoms with van der Waals surface area (Å²) in [6.07, 6.45) is 7.84. The molecule has 1 aromatic heterocycles. The van der Waals surface area contributed by atoms with E-state index in [0.717, 1.165) is 79.7 Å². The number of amides is 4. The van der Waals surface area contributed by atoms with E-state index in [1.54, 1.807) is 11.3 Å². The summed E-state index contributed by atoms with van der Waals surface area (Å²) in [6, 6.07) is 6.29. The first-order valence-electron chi connectivity index (χ1n) is 18.2. The highest BCUT2D eigenvalue weighted by Gasteiger charge is 2.44. The third kappa shape index (κ3) is 13.8. The fraction of sp³-hybridized carbons (Fsp3) is 0.658. The Hall–Kier alpha value is -3.35. The van der Waals surface area contributed by atoms with Crippen LogP contribution in [0.5, 0.6) is 0 Å². The molecule has 0 unspecified atom stereocenters. The number of benzene rings is 1. The molecular weight excluding hydrogens is 655 g/mol. The highest BCUT2D eigenvalue weighted by Crippen LogP contribution is 2.28. The molecule has 12 heteroatoms. The molecule has 0 saturated carbocycles. The van der Waals surface area contributed by atoms with Crippen LogP contribution in [-0.4, -0.2) is 76.6 Å². The van der Waals surface area contributed by atoms with Gasteiger partial charge in [0.05, 0.1) is 22.2 Å². The number of aliphatic hydroxyl groups excluding tert-OH is 1. The van der Waals surface area contributed by atoms with Crippen LogP contribution in [0.2, 0.25) is 0 Å². The zero-order chi connectivity index (χ0) is 36.7. The SMILES string of the molecule is Cc1ncsc1-c1ccc(CNC(=O)[C@@H]2C[C@@H](O)CN2C(=O)[C@@H](NC(=O)CCCCCCCCCOC[C@@H](C)CCC(N)=O)C(C)(C)C)cc1. The van der Waals surface area contributed by atoms with E-state index in [-0.39, 0.29) is 36.6 Å². The molecule has 278 valence electrons. The van der Waals surface area contributed by atoms with Crippen molar-refractivity contribution in [2.75, 3.05) is 19.8 Å². The second-order valence-corrected chi connectivity index (χ2v) is 15.7. The van der Waals surface area contributed by atoms with E-state index in [1.165, 1.54) is 4.90 Å². The molecule has 0 radical (unpaired) electrons. The molecule has 1 fully saturated rings. The number of hydrogen-bond acceptors (Lipinski definition) is 8. The molecule has 0 spiro atoms. The van der Waals surface area contributed by atoms with Crippen molar-refractivity contribution in [1.82, 2.24) is 20.5 Å². The lowest BCUT2D eigenvalue weighted by Gasteiger charge is -2.35. The summed E-state index contributed by atoms with van der Waals surface area (Å²) in [5.74, 6) is -0.799. The molecule has 50 heavy (non-hydrogen) atoms. The molecule has 2 aromatic rings. The number of thiazole rings is 1. The maximum absolute atomic E-state index is 13.9. The fourth-order valence-corrected chi connectivity index (χ4v) is 6.96. The van der Waals surface area contributed by atoms with Crippen LogP contribution in [0.15, 0.2) is 29.8 Å². The van der Waals surface area contributed by atoms with Gasteiger partial charge in [0.25, 0.3) is 0 Å². The summed E-state index contributed by atoms with van der Waals surface area (Å²) in [4.78, 5) is 57.9. The van der Waals surface area contributed by atoms with Crippen LogP contribution >= 0.6 is 11.3 Å². The molecule has 1 aliphatic rings. The van der Waals surface area contributed by atoms with E-state index >= 15 is 0 Å². The number of aryl methyl sites for hydroxylation is 1. The van der Waals surface area contributed by atoms with Crippen molar-refractivity contribution in [1.29, 1.82) is 0 Å². The number of rotatable bonds is 21. The summed E-state index contributed by atoms with van der Waals surface area (Å²) in [7, 11) is 0. The quantitative estimate of drug-likeness (QED) is 0.128. The predicted octanol–water partition coefficient (Wildman–Crippen LogP) is 5.27. The molecule has 4 amide bonds. The Labute approximate surface area is 302 Å². The molecule has 1 aromatic carbocycles. The van der Waals surface area contributed by atoms with Gasteiger partial charge in [-0.25, -0.2) is 4.98 Å². The minimum absolute atomic E-state index is 0.0461. The fourth-order valence-electron chi connectivity index (χ4n) is 6.14. The Morgan fingerprint density at radius 1 is 1.04 bits per heavy atom. The first-order valence-corrected chi connectivity index (χ1v) is 19.0. The van der Waals surface area contributed by atoms with Gasteiger partial charge in [-0.2, -0.15) is 0 Å². The smallest absolute Gasteiger partial charge is 0.246 e. The average molecular weight is 714 g/mol. The first-order chi connectivity index (χ1) is 23.8. The Morgan fingerprint density at radius 2 is 1.70 bits per heavy atom. The molecule has 4 atom stereocenters. The van der Waals surface area contributed by atoms with Crippen molar-refractivity contribution in [3.8, 4) is 10.4 Å². The van der Waals surface area contributed by atoms with Crippen LogP contribution < -0.4 is 16.4 Å². The van der Waals surface area contributed by atoms with Crippen molar-refractivity contribution in [3.63, 3.8) is 0 Å². The monoisotopic (exact) mass is 713 g/mol. The van der Waals surface area contributed by atoms with Crippen molar-refractivity contribution >= 4 is 35.0 Å². The van der Waals surface area contributed by atoms with E-state index in [2.05, 4.69) is 22.5 Å². The minimum Gasteiger partial charge on any atom is -0.391 e. The topological polar surface area (TPSA) is 164 Å². The van der Waals surface area contributed by atoms with Crippen LogP contribution in [0.25, 0.3) is 10.4 Å². The van der Waals surface area contributed by atoms with Crippen LogP contribution in [0.3, 0.4) is 0 Å². The van der Waals surface area contributed by atoms with Gasteiger partial charge in [0.1, 0.15) is 12.1 Å². The third-order valence-electron chi connectivity index (χ3n) is 9.19. The predicted molar refractivity (Wildman–Crippen MR) is 197 cm³/mol. The minimum atomic E-state index is -0.827. The third-order valence-corrected chi connectivity index (χ3v) is 10.2. The van der Waals surface area contributed by atoms with Crippen LogP contribution in [0.1, 0.15) is 110 Å². The maximum Gasteiger partial charge on any atom is 0.246 e.